The summed E-state index contributed by atoms with van der Waals surface area (Å²) in [5, 5.41) is 2.95. The molecule has 0 aromatic heterocycles. The van der Waals surface area contributed by atoms with Crippen LogP contribution in [0.2, 0.25) is 0 Å². The summed E-state index contributed by atoms with van der Waals surface area (Å²) in [6.45, 7) is 3.18. The molecule has 1 heterocycles. The van der Waals surface area contributed by atoms with Gasteiger partial charge in [-0.15, -0.1) is 0 Å². The summed E-state index contributed by atoms with van der Waals surface area (Å²) in [5.41, 5.74) is 0.625. The fourth-order valence-corrected chi connectivity index (χ4v) is 2.25. The minimum Gasteiger partial charge on any atom is -0.454 e. The van der Waals surface area contributed by atoms with Crippen LogP contribution in [0.4, 0.5) is 0 Å². The second-order valence-corrected chi connectivity index (χ2v) is 5.09. The van der Waals surface area contributed by atoms with Gasteiger partial charge in [-0.25, -0.2) is 0 Å². The number of hydrogen-bond donors (Lipinski definition) is 1. The third-order valence-corrected chi connectivity index (χ3v) is 3.45. The quantitative estimate of drug-likeness (QED) is 0.740. The summed E-state index contributed by atoms with van der Waals surface area (Å²) in [5.74, 6) is 1.31. The molecule has 1 aliphatic heterocycles. The molecule has 0 aliphatic carbocycles. The molecular formula is C16H23NO3. The van der Waals surface area contributed by atoms with E-state index in [1.54, 1.807) is 18.2 Å². The van der Waals surface area contributed by atoms with E-state index >= 15 is 0 Å². The van der Waals surface area contributed by atoms with Crippen LogP contribution in [0.3, 0.4) is 0 Å². The molecule has 0 radical (unpaired) electrons. The van der Waals surface area contributed by atoms with E-state index in [9.17, 15) is 4.79 Å². The highest BCUT2D eigenvalue weighted by molar-refractivity contribution is 5.94. The average Bonchev–Trinajstić information content (AvgIpc) is 2.93. The van der Waals surface area contributed by atoms with Crippen molar-refractivity contribution in [3.63, 3.8) is 0 Å². The Kier molecular flexibility index (Phi) is 5.71. The molecule has 110 valence electrons. The highest BCUT2D eigenvalue weighted by Crippen LogP contribution is 2.32. The molecule has 20 heavy (non-hydrogen) atoms. The van der Waals surface area contributed by atoms with Gasteiger partial charge in [-0.2, -0.15) is 0 Å². The molecule has 0 bridgehead atoms. The molecule has 0 saturated carbocycles. The first kappa shape index (κ1) is 14.7. The molecule has 0 spiro atoms. The van der Waals surface area contributed by atoms with Gasteiger partial charge in [0.1, 0.15) is 0 Å². The molecule has 0 fully saturated rings. The molecule has 1 N–H and O–H groups in total. The van der Waals surface area contributed by atoms with Crippen molar-refractivity contribution in [3.05, 3.63) is 23.8 Å². The maximum Gasteiger partial charge on any atom is 0.251 e. The number of amides is 1. The summed E-state index contributed by atoms with van der Waals surface area (Å²) < 4.78 is 10.5. The molecule has 0 saturated heterocycles. The maximum absolute atomic E-state index is 12.0. The van der Waals surface area contributed by atoms with E-state index in [4.69, 9.17) is 9.47 Å². The van der Waals surface area contributed by atoms with E-state index in [2.05, 4.69) is 12.2 Å². The second-order valence-electron chi connectivity index (χ2n) is 5.09. The van der Waals surface area contributed by atoms with Crippen molar-refractivity contribution < 1.29 is 14.3 Å². The van der Waals surface area contributed by atoms with Crippen LogP contribution >= 0.6 is 0 Å². The van der Waals surface area contributed by atoms with Crippen LogP contribution in [0.5, 0.6) is 11.5 Å². The first-order chi connectivity index (χ1) is 9.81. The lowest BCUT2D eigenvalue weighted by molar-refractivity contribution is 0.0952. The van der Waals surface area contributed by atoms with E-state index in [1.165, 1.54) is 32.1 Å². The van der Waals surface area contributed by atoms with Gasteiger partial charge < -0.3 is 14.8 Å². The summed E-state index contributed by atoms with van der Waals surface area (Å²) in [7, 11) is 0. The normalized spacial score (nSPS) is 12.4. The van der Waals surface area contributed by atoms with Gasteiger partial charge in [0.05, 0.1) is 0 Å². The Morgan fingerprint density at radius 2 is 1.85 bits per heavy atom. The Balaban J connectivity index is 1.67. The summed E-state index contributed by atoms with van der Waals surface area (Å²) in [4.78, 5) is 12.0. The highest BCUT2D eigenvalue weighted by Gasteiger charge is 2.15. The minimum absolute atomic E-state index is 0.0446. The number of fused-ring (bicyclic) bond motifs is 1. The zero-order valence-electron chi connectivity index (χ0n) is 12.1. The largest absolute Gasteiger partial charge is 0.454 e. The molecule has 4 heteroatoms. The number of carbonyl (C=O) groups excluding carboxylic acids is 1. The molecular weight excluding hydrogens is 254 g/mol. The lowest BCUT2D eigenvalue weighted by Crippen LogP contribution is -2.24. The van der Waals surface area contributed by atoms with Crippen molar-refractivity contribution >= 4 is 5.91 Å². The Morgan fingerprint density at radius 3 is 2.70 bits per heavy atom. The Bertz CT molecular complexity index is 445. The zero-order valence-corrected chi connectivity index (χ0v) is 12.1. The first-order valence-corrected chi connectivity index (χ1v) is 7.49. The summed E-state index contributed by atoms with van der Waals surface area (Å²) in [6.07, 6.45) is 7.35. The van der Waals surface area contributed by atoms with E-state index in [0.717, 1.165) is 13.0 Å². The number of benzene rings is 1. The van der Waals surface area contributed by atoms with Gasteiger partial charge in [-0.1, -0.05) is 39.0 Å². The van der Waals surface area contributed by atoms with E-state index in [-0.39, 0.29) is 12.7 Å². The van der Waals surface area contributed by atoms with Crippen LogP contribution in [0.1, 0.15) is 55.8 Å². The average molecular weight is 277 g/mol. The molecule has 1 aliphatic rings. The molecule has 4 nitrogen and oxygen atoms in total. The van der Waals surface area contributed by atoms with Gasteiger partial charge in [0.25, 0.3) is 5.91 Å². The standard InChI is InChI=1S/C16H23NO3/c1-2-3-4-5-6-7-10-17-16(18)13-8-9-14-15(11-13)20-12-19-14/h8-9,11H,2-7,10,12H2,1H3,(H,17,18). The van der Waals surface area contributed by atoms with Crippen molar-refractivity contribution in [2.24, 2.45) is 0 Å². The molecule has 0 unspecified atom stereocenters. The highest BCUT2D eigenvalue weighted by atomic mass is 16.7. The van der Waals surface area contributed by atoms with Crippen LogP contribution in [0.15, 0.2) is 18.2 Å². The van der Waals surface area contributed by atoms with Gasteiger partial charge >= 0.3 is 0 Å². The topological polar surface area (TPSA) is 47.6 Å². The lowest BCUT2D eigenvalue weighted by atomic mass is 10.1. The monoisotopic (exact) mass is 277 g/mol. The van der Waals surface area contributed by atoms with Crippen molar-refractivity contribution in [2.45, 2.75) is 45.4 Å². The zero-order chi connectivity index (χ0) is 14.2. The second kappa shape index (κ2) is 7.78. The molecule has 1 amide bonds. The van der Waals surface area contributed by atoms with Crippen LogP contribution in [-0.4, -0.2) is 19.2 Å². The Labute approximate surface area is 120 Å². The van der Waals surface area contributed by atoms with E-state index in [1.807, 2.05) is 0 Å². The van der Waals surface area contributed by atoms with Gasteiger partial charge in [-0.3, -0.25) is 4.79 Å². The number of hydrogen-bond acceptors (Lipinski definition) is 3. The fraction of sp³-hybridized carbons (Fsp3) is 0.562. The maximum atomic E-state index is 12.0. The van der Waals surface area contributed by atoms with Crippen molar-refractivity contribution in [3.8, 4) is 11.5 Å². The SMILES string of the molecule is CCCCCCCCNC(=O)c1ccc2c(c1)OCO2. The van der Waals surface area contributed by atoms with E-state index < -0.39 is 0 Å². The number of nitrogens with one attached hydrogen (secondary N) is 1. The molecule has 0 atom stereocenters. The third kappa shape index (κ3) is 4.15. The summed E-state index contributed by atoms with van der Waals surface area (Å²) >= 11 is 0. The number of unbranched alkanes of at least 4 members (excludes halogenated alkanes) is 5. The number of rotatable bonds is 8. The Hall–Kier alpha value is -1.71. The fourth-order valence-electron chi connectivity index (χ4n) is 2.25. The van der Waals surface area contributed by atoms with Crippen LogP contribution in [0, 0.1) is 0 Å². The van der Waals surface area contributed by atoms with Crippen LogP contribution < -0.4 is 14.8 Å². The third-order valence-electron chi connectivity index (χ3n) is 3.45. The summed E-state index contributed by atoms with van der Waals surface area (Å²) in [6, 6.07) is 5.28. The molecule has 1 aromatic carbocycles. The van der Waals surface area contributed by atoms with Crippen molar-refractivity contribution in [1.29, 1.82) is 0 Å². The predicted molar refractivity (Wildman–Crippen MR) is 78.3 cm³/mol. The minimum atomic E-state index is -0.0446. The number of carbonyl (C=O) groups is 1. The molecule has 2 rings (SSSR count). The van der Waals surface area contributed by atoms with Gasteiger partial charge in [0.15, 0.2) is 11.5 Å². The van der Waals surface area contributed by atoms with Crippen LogP contribution in [0.25, 0.3) is 0 Å². The van der Waals surface area contributed by atoms with Gasteiger partial charge in [0, 0.05) is 12.1 Å². The molecule has 1 aromatic rings. The van der Waals surface area contributed by atoms with Crippen molar-refractivity contribution in [2.75, 3.05) is 13.3 Å². The predicted octanol–water partition coefficient (Wildman–Crippen LogP) is 3.51. The smallest absolute Gasteiger partial charge is 0.251 e. The lowest BCUT2D eigenvalue weighted by Gasteiger charge is -2.06. The van der Waals surface area contributed by atoms with Gasteiger partial charge in [-0.05, 0) is 24.6 Å². The van der Waals surface area contributed by atoms with Crippen LogP contribution in [-0.2, 0) is 0 Å². The number of ether oxygens (including phenoxy) is 2. The first-order valence-electron chi connectivity index (χ1n) is 7.49. The Morgan fingerprint density at radius 1 is 1.10 bits per heavy atom. The van der Waals surface area contributed by atoms with E-state index in [0.29, 0.717) is 17.1 Å². The van der Waals surface area contributed by atoms with Gasteiger partial charge in [0.2, 0.25) is 6.79 Å². The van der Waals surface area contributed by atoms with Crippen molar-refractivity contribution in [1.82, 2.24) is 5.32 Å².